The van der Waals surface area contributed by atoms with Crippen LogP contribution in [0.25, 0.3) is 11.4 Å². The van der Waals surface area contributed by atoms with Gasteiger partial charge in [0.1, 0.15) is 0 Å². The summed E-state index contributed by atoms with van der Waals surface area (Å²) in [5.41, 5.74) is 2.43. The van der Waals surface area contributed by atoms with Gasteiger partial charge in [-0.05, 0) is 36.8 Å². The molecular formula is C22H26ClIN6O2. The van der Waals surface area contributed by atoms with E-state index in [1.807, 2.05) is 43.3 Å². The molecular weight excluding hydrogens is 543 g/mol. The predicted octanol–water partition coefficient (Wildman–Crippen LogP) is 3.97. The van der Waals surface area contributed by atoms with Crippen molar-refractivity contribution in [2.45, 2.75) is 20.0 Å². The second-order valence-corrected chi connectivity index (χ2v) is 7.40. The third-order valence-electron chi connectivity index (χ3n) is 4.33. The van der Waals surface area contributed by atoms with Crippen molar-refractivity contribution in [1.29, 1.82) is 0 Å². The zero-order valence-corrected chi connectivity index (χ0v) is 21.2. The number of guanidine groups is 1. The summed E-state index contributed by atoms with van der Waals surface area (Å²) < 4.78 is 5.32. The van der Waals surface area contributed by atoms with E-state index in [4.69, 9.17) is 16.1 Å². The van der Waals surface area contributed by atoms with Gasteiger partial charge in [0, 0.05) is 36.8 Å². The normalized spacial score (nSPS) is 10.9. The Hall–Kier alpha value is -2.66. The maximum Gasteiger partial charge on any atom is 0.253 e. The maximum absolute atomic E-state index is 12.0. The third kappa shape index (κ3) is 7.20. The Kier molecular flexibility index (Phi) is 9.92. The van der Waals surface area contributed by atoms with Crippen LogP contribution in [0, 0.1) is 0 Å². The standard InChI is InChI=1S/C22H25ClN6O2.HI/c1-4-24-22(25-13-15-8-10-16(11-9-15)21(30)29(2)3)26-14-19-27-20(28-31-19)17-6-5-7-18(23)12-17;/h5-12H,4,13-14H2,1-3H3,(H2,24,25,26);1H. The first-order valence-corrected chi connectivity index (χ1v) is 10.3. The number of benzene rings is 2. The second-order valence-electron chi connectivity index (χ2n) is 6.97. The van der Waals surface area contributed by atoms with Gasteiger partial charge in [-0.3, -0.25) is 4.79 Å². The first-order chi connectivity index (χ1) is 15.0. The SMILES string of the molecule is CCNC(=NCc1ccc(C(=O)N(C)C)cc1)NCc1nc(-c2cccc(Cl)c2)no1.I. The molecule has 0 atom stereocenters. The number of rotatable bonds is 7. The highest BCUT2D eigenvalue weighted by molar-refractivity contribution is 14.0. The van der Waals surface area contributed by atoms with Crippen LogP contribution in [0.5, 0.6) is 0 Å². The van der Waals surface area contributed by atoms with Crippen LogP contribution in [-0.2, 0) is 13.1 Å². The Morgan fingerprint density at radius 2 is 1.91 bits per heavy atom. The molecule has 0 bridgehead atoms. The number of amides is 1. The van der Waals surface area contributed by atoms with Gasteiger partial charge in [-0.15, -0.1) is 24.0 Å². The second kappa shape index (κ2) is 12.4. The highest BCUT2D eigenvalue weighted by Crippen LogP contribution is 2.19. The molecule has 1 amide bonds. The Morgan fingerprint density at radius 3 is 2.56 bits per heavy atom. The van der Waals surface area contributed by atoms with Gasteiger partial charge in [-0.2, -0.15) is 4.98 Å². The van der Waals surface area contributed by atoms with Crippen LogP contribution >= 0.6 is 35.6 Å². The summed E-state index contributed by atoms with van der Waals surface area (Å²) in [6.07, 6.45) is 0. The van der Waals surface area contributed by atoms with Crippen LogP contribution in [-0.4, -0.2) is 47.5 Å². The monoisotopic (exact) mass is 568 g/mol. The molecule has 8 nitrogen and oxygen atoms in total. The topological polar surface area (TPSA) is 95.7 Å². The zero-order valence-electron chi connectivity index (χ0n) is 18.1. The first-order valence-electron chi connectivity index (χ1n) is 9.87. The first kappa shape index (κ1) is 25.6. The number of hydrogen-bond acceptors (Lipinski definition) is 5. The molecule has 0 spiro atoms. The van der Waals surface area contributed by atoms with E-state index in [9.17, 15) is 4.79 Å². The number of halogens is 2. The third-order valence-corrected chi connectivity index (χ3v) is 4.56. The van der Waals surface area contributed by atoms with E-state index in [-0.39, 0.29) is 29.9 Å². The minimum atomic E-state index is -0.0262. The molecule has 0 aliphatic rings. The lowest BCUT2D eigenvalue weighted by Gasteiger charge is -2.11. The van der Waals surface area contributed by atoms with Gasteiger partial charge >= 0.3 is 0 Å². The van der Waals surface area contributed by atoms with Crippen molar-refractivity contribution < 1.29 is 9.32 Å². The van der Waals surface area contributed by atoms with E-state index in [0.717, 1.165) is 11.1 Å². The Balaban J connectivity index is 0.00000363. The minimum Gasteiger partial charge on any atom is -0.357 e. The number of nitrogens with one attached hydrogen (secondary N) is 2. The molecule has 2 N–H and O–H groups in total. The van der Waals surface area contributed by atoms with Crippen LogP contribution < -0.4 is 10.6 Å². The quantitative estimate of drug-likeness (QED) is 0.255. The van der Waals surface area contributed by atoms with Crippen molar-refractivity contribution in [3.8, 4) is 11.4 Å². The van der Waals surface area contributed by atoms with Crippen molar-refractivity contribution in [3.05, 3.63) is 70.6 Å². The Bertz CT molecular complexity index is 1050. The molecule has 0 fully saturated rings. The fourth-order valence-electron chi connectivity index (χ4n) is 2.75. The molecule has 0 radical (unpaired) electrons. The molecule has 170 valence electrons. The van der Waals surface area contributed by atoms with Crippen LogP contribution in [0.4, 0.5) is 0 Å². The number of nitrogens with zero attached hydrogens (tertiary/aromatic N) is 4. The summed E-state index contributed by atoms with van der Waals surface area (Å²) in [4.78, 5) is 22.5. The largest absolute Gasteiger partial charge is 0.357 e. The number of aromatic nitrogens is 2. The van der Waals surface area contributed by atoms with Crippen molar-refractivity contribution in [2.75, 3.05) is 20.6 Å². The molecule has 2 aromatic carbocycles. The fourth-order valence-corrected chi connectivity index (χ4v) is 2.94. The van der Waals surface area contributed by atoms with Gasteiger partial charge in [0.15, 0.2) is 5.96 Å². The smallest absolute Gasteiger partial charge is 0.253 e. The number of aliphatic imine (C=N–C) groups is 1. The summed E-state index contributed by atoms with van der Waals surface area (Å²) in [5.74, 6) is 1.51. The Morgan fingerprint density at radius 1 is 1.16 bits per heavy atom. The number of carbonyl (C=O) groups is 1. The van der Waals surface area contributed by atoms with E-state index in [1.54, 1.807) is 31.1 Å². The van der Waals surface area contributed by atoms with Gasteiger partial charge in [0.25, 0.3) is 5.91 Å². The molecule has 3 rings (SSSR count). The minimum absolute atomic E-state index is 0. The van der Waals surface area contributed by atoms with Gasteiger partial charge in [0.05, 0.1) is 13.1 Å². The van der Waals surface area contributed by atoms with Crippen molar-refractivity contribution in [2.24, 2.45) is 4.99 Å². The van der Waals surface area contributed by atoms with Crippen LogP contribution in [0.1, 0.15) is 28.7 Å². The predicted molar refractivity (Wildman–Crippen MR) is 136 cm³/mol. The number of hydrogen-bond donors (Lipinski definition) is 2. The van der Waals surface area contributed by atoms with Gasteiger partial charge in [0.2, 0.25) is 11.7 Å². The fraction of sp³-hybridized carbons (Fsp3) is 0.273. The van der Waals surface area contributed by atoms with Gasteiger partial charge in [-0.1, -0.05) is 41.0 Å². The highest BCUT2D eigenvalue weighted by atomic mass is 127. The molecule has 0 unspecified atom stereocenters. The van der Waals surface area contributed by atoms with Crippen molar-refractivity contribution >= 4 is 47.4 Å². The maximum atomic E-state index is 12.0. The summed E-state index contributed by atoms with van der Waals surface area (Å²) >= 11 is 6.02. The number of carbonyl (C=O) groups excluding carboxylic acids is 1. The van der Waals surface area contributed by atoms with Crippen molar-refractivity contribution in [3.63, 3.8) is 0 Å². The summed E-state index contributed by atoms with van der Waals surface area (Å²) in [6, 6.07) is 14.7. The van der Waals surface area contributed by atoms with Gasteiger partial charge < -0.3 is 20.1 Å². The van der Waals surface area contributed by atoms with E-state index in [1.165, 1.54) is 0 Å². The molecule has 3 aromatic rings. The zero-order chi connectivity index (χ0) is 22.2. The lowest BCUT2D eigenvalue weighted by atomic mass is 10.1. The lowest BCUT2D eigenvalue weighted by Crippen LogP contribution is -2.36. The molecule has 1 heterocycles. The van der Waals surface area contributed by atoms with Crippen molar-refractivity contribution in [1.82, 2.24) is 25.7 Å². The van der Waals surface area contributed by atoms with Crippen LogP contribution in [0.3, 0.4) is 0 Å². The molecule has 0 aliphatic heterocycles. The summed E-state index contributed by atoms with van der Waals surface area (Å²) in [7, 11) is 3.46. The van der Waals surface area contributed by atoms with E-state index < -0.39 is 0 Å². The molecule has 0 aliphatic carbocycles. The Labute approximate surface area is 209 Å². The molecule has 32 heavy (non-hydrogen) atoms. The molecule has 0 saturated heterocycles. The lowest BCUT2D eigenvalue weighted by molar-refractivity contribution is 0.0827. The van der Waals surface area contributed by atoms with E-state index >= 15 is 0 Å². The molecule has 0 saturated carbocycles. The van der Waals surface area contributed by atoms with Gasteiger partial charge in [-0.25, -0.2) is 4.99 Å². The summed E-state index contributed by atoms with van der Waals surface area (Å²) in [6.45, 7) is 3.49. The summed E-state index contributed by atoms with van der Waals surface area (Å²) in [5, 5.41) is 11.0. The van der Waals surface area contributed by atoms with E-state index in [2.05, 4.69) is 25.8 Å². The van der Waals surface area contributed by atoms with E-state index in [0.29, 0.717) is 47.9 Å². The average molecular weight is 569 g/mol. The molecule has 10 heteroatoms. The van der Waals surface area contributed by atoms with Crippen LogP contribution in [0.15, 0.2) is 58.0 Å². The average Bonchev–Trinajstić information content (AvgIpc) is 3.24. The highest BCUT2D eigenvalue weighted by Gasteiger charge is 2.10. The van der Waals surface area contributed by atoms with Crippen LogP contribution in [0.2, 0.25) is 5.02 Å². The molecule has 1 aromatic heterocycles.